The number of halogens is 3. The molecule has 1 saturated heterocycles. The molecule has 0 saturated carbocycles. The third-order valence-corrected chi connectivity index (χ3v) is 9.69. The van der Waals surface area contributed by atoms with Crippen molar-refractivity contribution in [3.8, 4) is 0 Å². The fourth-order valence-electron chi connectivity index (χ4n) is 4.90. The van der Waals surface area contributed by atoms with Gasteiger partial charge < -0.3 is 23.8 Å². The van der Waals surface area contributed by atoms with Crippen molar-refractivity contribution in [1.29, 1.82) is 0 Å². The lowest BCUT2D eigenvalue weighted by Crippen LogP contribution is -2.55. The molecule has 4 aromatic rings. The Morgan fingerprint density at radius 1 is 0.698 bits per heavy atom. The van der Waals surface area contributed by atoms with Crippen LogP contribution in [0.25, 0.3) is 0 Å². The Morgan fingerprint density at radius 3 is 1.74 bits per heavy atom. The molecule has 0 unspecified atom stereocenters. The zero-order chi connectivity index (χ0) is 30.3. The molecule has 1 aliphatic heterocycles. The molecule has 0 radical (unpaired) electrons. The van der Waals surface area contributed by atoms with Gasteiger partial charge in [0.05, 0.1) is 32.0 Å². The summed E-state index contributed by atoms with van der Waals surface area (Å²) in [4.78, 5) is 0. The predicted molar refractivity (Wildman–Crippen MR) is 156 cm³/mol. The van der Waals surface area contributed by atoms with Crippen molar-refractivity contribution < 1.29 is 41.6 Å². The highest BCUT2D eigenvalue weighted by atomic mass is 31.2. The van der Waals surface area contributed by atoms with Gasteiger partial charge in [0.25, 0.3) is 7.37 Å². The van der Waals surface area contributed by atoms with Gasteiger partial charge in [-0.25, -0.2) is 0 Å². The van der Waals surface area contributed by atoms with Gasteiger partial charge >= 0.3 is 6.18 Å². The molecule has 1 N–H and O–H groups in total. The molecule has 43 heavy (non-hydrogen) atoms. The molecule has 0 amide bonds. The summed E-state index contributed by atoms with van der Waals surface area (Å²) in [5, 5.41) is 11.3. The molecule has 0 aliphatic carbocycles. The summed E-state index contributed by atoms with van der Waals surface area (Å²) in [6.45, 7) is 0.247. The Bertz CT molecular complexity index is 1490. The molecule has 5 atom stereocenters. The Morgan fingerprint density at radius 2 is 1.21 bits per heavy atom. The number of hydrogen-bond acceptors (Lipinski definition) is 6. The van der Waals surface area contributed by atoms with Gasteiger partial charge in [0.1, 0.15) is 18.3 Å². The molecule has 226 valence electrons. The monoisotopic (exact) mass is 612 g/mol. The fourth-order valence-corrected chi connectivity index (χ4v) is 7.29. The van der Waals surface area contributed by atoms with Crippen LogP contribution in [0.2, 0.25) is 0 Å². The standard InChI is InChI=1S/C33H32F3O6P/c34-33(35,36)27-17-10-18-28(19-27)43(38)32(37)31(41-22-26-15-8-3-9-16-26)30(40-21-25-13-6-2-7-14-25)29(42-43)23-39-20-24-11-4-1-5-12-24/h1-19,29-32,37H,20-23H2/t29-,30-,31+,32+,43+/m1/s1. The van der Waals surface area contributed by atoms with Crippen LogP contribution in [0.1, 0.15) is 22.3 Å². The van der Waals surface area contributed by atoms with Gasteiger partial charge in [-0.05, 0) is 34.9 Å². The van der Waals surface area contributed by atoms with Crippen molar-refractivity contribution in [3.63, 3.8) is 0 Å². The minimum atomic E-state index is -4.68. The van der Waals surface area contributed by atoms with Crippen molar-refractivity contribution in [1.82, 2.24) is 0 Å². The zero-order valence-electron chi connectivity index (χ0n) is 23.2. The quantitative estimate of drug-likeness (QED) is 0.190. The van der Waals surface area contributed by atoms with Gasteiger partial charge in [0.15, 0.2) is 5.85 Å². The van der Waals surface area contributed by atoms with Crippen LogP contribution in [-0.4, -0.2) is 35.9 Å². The van der Waals surface area contributed by atoms with Gasteiger partial charge in [-0.2, -0.15) is 13.2 Å². The third-order valence-electron chi connectivity index (χ3n) is 7.12. The van der Waals surface area contributed by atoms with E-state index in [1.165, 1.54) is 6.07 Å². The van der Waals surface area contributed by atoms with Crippen molar-refractivity contribution in [2.75, 3.05) is 6.61 Å². The van der Waals surface area contributed by atoms with Crippen LogP contribution in [0, 0.1) is 0 Å². The number of benzene rings is 4. The van der Waals surface area contributed by atoms with E-state index in [-0.39, 0.29) is 31.7 Å². The molecular weight excluding hydrogens is 580 g/mol. The van der Waals surface area contributed by atoms with E-state index >= 15 is 0 Å². The van der Waals surface area contributed by atoms with Crippen LogP contribution in [0.15, 0.2) is 115 Å². The van der Waals surface area contributed by atoms with E-state index in [0.29, 0.717) is 0 Å². The number of aliphatic hydroxyl groups excluding tert-OH is 1. The number of ether oxygens (including phenoxy) is 3. The number of aliphatic hydroxyl groups is 1. The molecule has 0 aromatic heterocycles. The van der Waals surface area contributed by atoms with Crippen molar-refractivity contribution in [2.24, 2.45) is 0 Å². The van der Waals surface area contributed by atoms with Crippen LogP contribution in [-0.2, 0) is 49.3 Å². The normalized spacial score (nSPS) is 24.1. The molecule has 0 spiro atoms. The first-order valence-corrected chi connectivity index (χ1v) is 15.5. The molecule has 1 heterocycles. The van der Waals surface area contributed by atoms with Gasteiger partial charge in [0.2, 0.25) is 0 Å². The minimum absolute atomic E-state index is 0.0357. The summed E-state index contributed by atoms with van der Waals surface area (Å²) in [6.07, 6.45) is -7.92. The lowest BCUT2D eigenvalue weighted by molar-refractivity contribution is -0.174. The highest BCUT2D eigenvalue weighted by molar-refractivity contribution is 7.67. The molecule has 5 rings (SSSR count). The first-order chi connectivity index (χ1) is 20.7. The van der Waals surface area contributed by atoms with E-state index < -0.39 is 43.3 Å². The highest BCUT2D eigenvalue weighted by Gasteiger charge is 2.54. The number of alkyl halides is 3. The first kappa shape index (κ1) is 31.1. The van der Waals surface area contributed by atoms with Gasteiger partial charge in [0, 0.05) is 5.30 Å². The van der Waals surface area contributed by atoms with Crippen LogP contribution >= 0.6 is 7.37 Å². The SMILES string of the molecule is O=[P@@]1(c2cccc(C(F)(F)F)c2)O[C@H](COCc2ccccc2)[C@@H](OCc2ccccc2)[C@H](OCc2ccccc2)[C@H]1O. The van der Waals surface area contributed by atoms with Crippen LogP contribution in [0.4, 0.5) is 13.2 Å². The van der Waals surface area contributed by atoms with Gasteiger partial charge in [-0.15, -0.1) is 0 Å². The molecule has 10 heteroatoms. The van der Waals surface area contributed by atoms with Gasteiger partial charge in [-0.1, -0.05) is 97.1 Å². The smallest absolute Gasteiger partial charge is 0.380 e. The third kappa shape index (κ3) is 7.81. The number of hydrogen-bond donors (Lipinski definition) is 1. The maximum absolute atomic E-state index is 14.5. The summed E-state index contributed by atoms with van der Waals surface area (Å²) in [5.41, 5.74) is 1.51. The maximum atomic E-state index is 14.5. The topological polar surface area (TPSA) is 74.2 Å². The van der Waals surface area contributed by atoms with Crippen LogP contribution < -0.4 is 5.30 Å². The maximum Gasteiger partial charge on any atom is 0.416 e. The second-order valence-corrected chi connectivity index (χ2v) is 12.7. The van der Waals surface area contributed by atoms with E-state index in [4.69, 9.17) is 18.7 Å². The average Bonchev–Trinajstić information content (AvgIpc) is 3.02. The van der Waals surface area contributed by atoms with Crippen LogP contribution in [0.5, 0.6) is 0 Å². The van der Waals surface area contributed by atoms with E-state index in [9.17, 15) is 22.8 Å². The number of rotatable bonds is 11. The van der Waals surface area contributed by atoms with E-state index in [1.54, 1.807) is 0 Å². The Balaban J connectivity index is 1.48. The highest BCUT2D eigenvalue weighted by Crippen LogP contribution is 2.57. The van der Waals surface area contributed by atoms with Crippen molar-refractivity contribution >= 4 is 12.7 Å². The summed E-state index contributed by atoms with van der Waals surface area (Å²) >= 11 is 0. The predicted octanol–water partition coefficient (Wildman–Crippen LogP) is 6.71. The minimum Gasteiger partial charge on any atom is -0.380 e. The zero-order valence-corrected chi connectivity index (χ0v) is 24.1. The van der Waals surface area contributed by atoms with Crippen molar-refractivity contribution in [2.45, 2.75) is 50.2 Å². The summed E-state index contributed by atoms with van der Waals surface area (Å²) < 4.78 is 79.8. The van der Waals surface area contributed by atoms with E-state index in [1.807, 2.05) is 91.0 Å². The van der Waals surface area contributed by atoms with Gasteiger partial charge in [-0.3, -0.25) is 4.57 Å². The molecule has 0 bridgehead atoms. The summed E-state index contributed by atoms with van der Waals surface area (Å²) in [5.74, 6) is -1.81. The van der Waals surface area contributed by atoms with E-state index in [0.717, 1.165) is 34.9 Å². The first-order valence-electron chi connectivity index (χ1n) is 13.8. The second-order valence-electron chi connectivity index (χ2n) is 10.2. The Labute approximate surface area is 248 Å². The Hall–Kier alpha value is -3.30. The molecule has 1 aliphatic rings. The second kappa shape index (κ2) is 14.0. The molecule has 1 fully saturated rings. The summed E-state index contributed by atoms with van der Waals surface area (Å²) in [6, 6.07) is 31.9. The molecule has 4 aromatic carbocycles. The lowest BCUT2D eigenvalue weighted by Gasteiger charge is -2.44. The van der Waals surface area contributed by atoms with E-state index in [2.05, 4.69) is 0 Å². The van der Waals surface area contributed by atoms with Crippen LogP contribution in [0.3, 0.4) is 0 Å². The largest absolute Gasteiger partial charge is 0.416 e. The Kier molecular flexibility index (Phi) is 10.1. The molecular formula is C33H32F3O6P. The molecule has 6 nitrogen and oxygen atoms in total. The summed E-state index contributed by atoms with van der Waals surface area (Å²) in [7, 11) is -4.36. The fraction of sp³-hybridized carbons (Fsp3) is 0.273. The average molecular weight is 613 g/mol. The lowest BCUT2D eigenvalue weighted by atomic mass is 10.1. The van der Waals surface area contributed by atoms with Crippen molar-refractivity contribution in [3.05, 3.63) is 138 Å².